The predicted molar refractivity (Wildman–Crippen MR) is 107 cm³/mol. The van der Waals surface area contributed by atoms with E-state index in [2.05, 4.69) is 0 Å². The second-order valence-corrected chi connectivity index (χ2v) is 8.74. The van der Waals surface area contributed by atoms with Gasteiger partial charge in [-0.15, -0.1) is 0 Å². The number of amides is 1. The Morgan fingerprint density at radius 1 is 1.10 bits per heavy atom. The Balaban J connectivity index is 1.56. The van der Waals surface area contributed by atoms with Gasteiger partial charge in [-0.1, -0.05) is 6.07 Å². The van der Waals surface area contributed by atoms with E-state index in [9.17, 15) is 14.3 Å². The largest absolute Gasteiger partial charge is 0.496 e. The normalized spacial score (nSPS) is 20.3. The molecule has 2 aliphatic heterocycles. The van der Waals surface area contributed by atoms with Gasteiger partial charge in [-0.3, -0.25) is 4.79 Å². The maximum absolute atomic E-state index is 13.7. The van der Waals surface area contributed by atoms with Crippen LogP contribution in [0.1, 0.15) is 49.3 Å². The molecule has 1 fully saturated rings. The Kier molecular flexibility index (Phi) is 4.84. The number of aromatic nitrogens is 1. The molecule has 2 aromatic rings. The molecule has 6 nitrogen and oxygen atoms in total. The minimum absolute atomic E-state index is 0.132. The molecule has 8 heteroatoms. The zero-order valence-corrected chi connectivity index (χ0v) is 17.2. The van der Waals surface area contributed by atoms with Gasteiger partial charge in [0.25, 0.3) is 5.91 Å². The summed E-state index contributed by atoms with van der Waals surface area (Å²) in [6.45, 7) is 9.17. The molecule has 0 saturated carbocycles. The average Bonchev–Trinajstić information content (AvgIpc) is 3.17. The van der Waals surface area contributed by atoms with Crippen molar-refractivity contribution in [2.24, 2.45) is 0 Å². The van der Waals surface area contributed by atoms with Crippen LogP contribution in [-0.4, -0.2) is 45.3 Å². The first-order valence-electron chi connectivity index (χ1n) is 9.84. The van der Waals surface area contributed by atoms with Gasteiger partial charge in [-0.05, 0) is 57.0 Å². The van der Waals surface area contributed by atoms with E-state index in [4.69, 9.17) is 9.31 Å². The first-order valence-corrected chi connectivity index (χ1v) is 9.84. The second kappa shape index (κ2) is 6.97. The molecule has 1 aromatic heterocycles. The molecule has 1 amide bonds. The van der Waals surface area contributed by atoms with Crippen molar-refractivity contribution in [1.82, 2.24) is 9.47 Å². The Labute approximate surface area is 170 Å². The minimum atomic E-state index is -0.524. The van der Waals surface area contributed by atoms with Crippen LogP contribution < -0.4 is 5.46 Å². The Morgan fingerprint density at radius 2 is 1.79 bits per heavy atom. The van der Waals surface area contributed by atoms with E-state index < -0.39 is 18.3 Å². The van der Waals surface area contributed by atoms with Gasteiger partial charge in [0.2, 0.25) is 0 Å². The van der Waals surface area contributed by atoms with Gasteiger partial charge in [0.1, 0.15) is 11.5 Å². The van der Waals surface area contributed by atoms with E-state index in [0.717, 1.165) is 5.46 Å². The molecule has 0 bridgehead atoms. The molecule has 29 heavy (non-hydrogen) atoms. The van der Waals surface area contributed by atoms with E-state index in [1.54, 1.807) is 11.0 Å². The van der Waals surface area contributed by atoms with Crippen LogP contribution in [0, 0.1) is 5.82 Å². The zero-order valence-electron chi connectivity index (χ0n) is 17.2. The summed E-state index contributed by atoms with van der Waals surface area (Å²) < 4.78 is 27.8. The van der Waals surface area contributed by atoms with Crippen molar-refractivity contribution in [2.45, 2.75) is 58.6 Å². The Morgan fingerprint density at radius 3 is 2.45 bits per heavy atom. The van der Waals surface area contributed by atoms with Crippen LogP contribution in [0.5, 0.6) is 0 Å². The number of halogens is 1. The number of hydrogen-bond donors (Lipinski definition) is 1. The molecule has 2 aliphatic rings. The molecule has 154 valence electrons. The van der Waals surface area contributed by atoms with Crippen molar-refractivity contribution < 1.29 is 23.6 Å². The number of aliphatic hydroxyl groups is 1. The third-order valence-corrected chi connectivity index (χ3v) is 6.26. The van der Waals surface area contributed by atoms with Gasteiger partial charge >= 0.3 is 7.12 Å². The lowest BCUT2D eigenvalue weighted by Gasteiger charge is -2.32. The summed E-state index contributed by atoms with van der Waals surface area (Å²) in [5.41, 5.74) is 1.71. The smallest absolute Gasteiger partial charge is 0.399 e. The number of hydrogen-bond acceptors (Lipinski definition) is 4. The van der Waals surface area contributed by atoms with E-state index in [1.807, 2.05) is 44.5 Å². The first-order chi connectivity index (χ1) is 13.6. The van der Waals surface area contributed by atoms with Gasteiger partial charge in [0, 0.05) is 31.3 Å². The van der Waals surface area contributed by atoms with E-state index in [0.29, 0.717) is 29.9 Å². The summed E-state index contributed by atoms with van der Waals surface area (Å²) in [4.78, 5) is 14.7. The number of fused-ring (bicyclic) bond motifs is 1. The van der Waals surface area contributed by atoms with Crippen LogP contribution in [0.3, 0.4) is 0 Å². The molecule has 4 rings (SSSR count). The highest BCUT2D eigenvalue weighted by molar-refractivity contribution is 6.62. The van der Waals surface area contributed by atoms with Crippen LogP contribution in [0.25, 0.3) is 0 Å². The molecular formula is C21H26BFN2O4. The van der Waals surface area contributed by atoms with Crippen molar-refractivity contribution in [2.75, 3.05) is 6.54 Å². The van der Waals surface area contributed by atoms with Crippen molar-refractivity contribution in [1.29, 1.82) is 0 Å². The van der Waals surface area contributed by atoms with Crippen LogP contribution in [0.15, 0.2) is 30.5 Å². The number of rotatable bonds is 4. The zero-order chi connectivity index (χ0) is 21.0. The maximum Gasteiger partial charge on any atom is 0.496 e. The average molecular weight is 400 g/mol. The third-order valence-electron chi connectivity index (χ3n) is 6.26. The number of aliphatic hydroxyl groups excluding tert-OH is 1. The summed E-state index contributed by atoms with van der Waals surface area (Å²) in [6.07, 6.45) is 1.91. The highest BCUT2D eigenvalue weighted by Gasteiger charge is 2.52. The topological polar surface area (TPSA) is 63.9 Å². The molecule has 1 saturated heterocycles. The van der Waals surface area contributed by atoms with Crippen molar-refractivity contribution in [3.8, 4) is 0 Å². The molecule has 0 spiro atoms. The summed E-state index contributed by atoms with van der Waals surface area (Å²) >= 11 is 0. The molecule has 1 aromatic carbocycles. The number of nitrogens with zero attached hydrogens (tertiary/aromatic N) is 2. The second-order valence-electron chi connectivity index (χ2n) is 8.74. The lowest BCUT2D eigenvalue weighted by Crippen LogP contribution is -2.41. The summed E-state index contributed by atoms with van der Waals surface area (Å²) in [6, 6.07) is 6.06. The standard InChI is InChI=1S/C21H26BFN2O4/c1-20(2)21(3,4)29-22(28-20)16-10-18-19(27)25(8-7-24(18)12-16)11-15-9-17(23)6-5-14(15)13-26/h5-6,9-10,12,26H,7-8,11,13H2,1-4H3. The Bertz CT molecular complexity index is 940. The quantitative estimate of drug-likeness (QED) is 0.799. The summed E-state index contributed by atoms with van der Waals surface area (Å²) in [5, 5.41) is 9.51. The van der Waals surface area contributed by atoms with Crippen LogP contribution >= 0.6 is 0 Å². The van der Waals surface area contributed by atoms with E-state index in [1.165, 1.54) is 12.1 Å². The van der Waals surface area contributed by atoms with E-state index >= 15 is 0 Å². The van der Waals surface area contributed by atoms with Gasteiger partial charge < -0.3 is 23.9 Å². The van der Waals surface area contributed by atoms with Crippen LogP contribution in [0.2, 0.25) is 0 Å². The monoisotopic (exact) mass is 400 g/mol. The number of carbonyl (C=O) groups is 1. The fourth-order valence-electron chi connectivity index (χ4n) is 3.75. The molecule has 1 N–H and O–H groups in total. The molecule has 0 unspecified atom stereocenters. The highest BCUT2D eigenvalue weighted by atomic mass is 19.1. The maximum atomic E-state index is 13.7. The molecular weight excluding hydrogens is 374 g/mol. The lowest BCUT2D eigenvalue weighted by atomic mass is 9.81. The summed E-state index contributed by atoms with van der Waals surface area (Å²) in [5.74, 6) is -0.514. The van der Waals surface area contributed by atoms with Gasteiger partial charge in [0.05, 0.1) is 17.8 Å². The molecule has 0 radical (unpaired) electrons. The Hall–Kier alpha value is -2.16. The van der Waals surface area contributed by atoms with Gasteiger partial charge in [-0.25, -0.2) is 4.39 Å². The molecule has 3 heterocycles. The highest BCUT2D eigenvalue weighted by Crippen LogP contribution is 2.36. The van der Waals surface area contributed by atoms with Crippen LogP contribution in [0.4, 0.5) is 4.39 Å². The van der Waals surface area contributed by atoms with E-state index in [-0.39, 0.29) is 24.9 Å². The fraction of sp³-hybridized carbons (Fsp3) is 0.476. The van der Waals surface area contributed by atoms with Gasteiger partial charge in [0.15, 0.2) is 0 Å². The summed E-state index contributed by atoms with van der Waals surface area (Å²) in [7, 11) is -0.524. The number of carbonyl (C=O) groups excluding carboxylic acids is 1. The SMILES string of the molecule is CC1(C)OB(c2cc3n(c2)CCN(Cc2cc(F)ccc2CO)C3=O)OC1(C)C. The first kappa shape index (κ1) is 20.1. The minimum Gasteiger partial charge on any atom is -0.399 e. The lowest BCUT2D eigenvalue weighted by molar-refractivity contribution is 0.00578. The van der Waals surface area contributed by atoms with Crippen molar-refractivity contribution in [3.63, 3.8) is 0 Å². The number of benzene rings is 1. The van der Waals surface area contributed by atoms with Gasteiger partial charge in [-0.2, -0.15) is 0 Å². The van der Waals surface area contributed by atoms with Crippen LogP contribution in [-0.2, 0) is 29.0 Å². The molecule has 0 atom stereocenters. The third kappa shape index (κ3) is 3.49. The fourth-order valence-corrected chi connectivity index (χ4v) is 3.75. The van der Waals surface area contributed by atoms with Crippen molar-refractivity contribution >= 4 is 18.5 Å². The predicted octanol–water partition coefficient (Wildman–Crippen LogP) is 2.07. The van der Waals surface area contributed by atoms with Crippen molar-refractivity contribution in [3.05, 3.63) is 53.1 Å². The molecule has 0 aliphatic carbocycles.